The van der Waals surface area contributed by atoms with E-state index in [-0.39, 0.29) is 7.43 Å². The van der Waals surface area contributed by atoms with E-state index in [1.54, 1.807) is 6.08 Å². The Morgan fingerprint density at radius 3 is 2.40 bits per heavy atom. The molecule has 0 aromatic heterocycles. The summed E-state index contributed by atoms with van der Waals surface area (Å²) in [5.41, 5.74) is 0. The zero-order valence-corrected chi connectivity index (χ0v) is 5.66. The normalized spacial score (nSPS) is 9.90. The summed E-state index contributed by atoms with van der Waals surface area (Å²) < 4.78 is 0. The molecule has 10 heavy (non-hydrogen) atoms. The summed E-state index contributed by atoms with van der Waals surface area (Å²) in [6, 6.07) is 0. The average molecular weight is 145 g/mol. The highest BCUT2D eigenvalue weighted by Crippen LogP contribution is 1.76. The van der Waals surface area contributed by atoms with Gasteiger partial charge in [0.05, 0.1) is 0 Å². The Morgan fingerprint density at radius 2 is 2.10 bits per heavy atom. The molecule has 60 valence electrons. The summed E-state index contributed by atoms with van der Waals surface area (Å²) in [4.78, 5) is 11.8. The molecule has 3 nitrogen and oxygen atoms in total. The molecule has 0 heterocycles. The fourth-order valence-electron chi connectivity index (χ4n) is 0.364. The standard InChI is InChI=1S/C6H11NO2.CH4/c1-7(2)5-3-4-6(8)9;/h3-4H,5H2,1-2H3,(H,8,9);1H4/b4-3+;. The van der Waals surface area contributed by atoms with Crippen LogP contribution in [0.1, 0.15) is 7.43 Å². The molecule has 0 rings (SSSR count). The summed E-state index contributed by atoms with van der Waals surface area (Å²) >= 11 is 0. The Bertz CT molecular complexity index is 119. The van der Waals surface area contributed by atoms with Crippen molar-refractivity contribution < 1.29 is 9.90 Å². The van der Waals surface area contributed by atoms with Gasteiger partial charge in [-0.3, -0.25) is 0 Å². The van der Waals surface area contributed by atoms with Gasteiger partial charge in [-0.15, -0.1) is 0 Å². The molecule has 3 heteroatoms. The first-order valence-corrected chi connectivity index (χ1v) is 2.67. The van der Waals surface area contributed by atoms with E-state index in [2.05, 4.69) is 0 Å². The van der Waals surface area contributed by atoms with E-state index in [0.717, 1.165) is 6.08 Å². The van der Waals surface area contributed by atoms with Gasteiger partial charge in [0.1, 0.15) is 0 Å². The second kappa shape index (κ2) is 6.29. The molecule has 0 fully saturated rings. The maximum atomic E-state index is 9.88. The quantitative estimate of drug-likeness (QED) is 0.598. The minimum Gasteiger partial charge on any atom is -0.478 e. The Hall–Kier alpha value is -0.830. The van der Waals surface area contributed by atoms with Gasteiger partial charge >= 0.3 is 5.97 Å². The second-order valence-corrected chi connectivity index (χ2v) is 2.00. The van der Waals surface area contributed by atoms with Crippen LogP contribution >= 0.6 is 0 Å². The van der Waals surface area contributed by atoms with E-state index >= 15 is 0 Å². The third kappa shape index (κ3) is 10.2. The van der Waals surface area contributed by atoms with E-state index < -0.39 is 5.97 Å². The maximum Gasteiger partial charge on any atom is 0.328 e. The van der Waals surface area contributed by atoms with Gasteiger partial charge in [-0.05, 0) is 14.1 Å². The average Bonchev–Trinajstić information content (AvgIpc) is 1.63. The molecule has 0 aliphatic rings. The van der Waals surface area contributed by atoms with E-state index in [9.17, 15) is 4.79 Å². The molecule has 1 N–H and O–H groups in total. The lowest BCUT2D eigenvalue weighted by molar-refractivity contribution is -0.131. The molecule has 0 spiro atoms. The second-order valence-electron chi connectivity index (χ2n) is 2.00. The largest absolute Gasteiger partial charge is 0.478 e. The summed E-state index contributed by atoms with van der Waals surface area (Å²) in [5.74, 6) is -0.892. The highest BCUT2D eigenvalue weighted by Gasteiger charge is 1.85. The maximum absolute atomic E-state index is 9.88. The minimum atomic E-state index is -0.892. The van der Waals surface area contributed by atoms with Crippen molar-refractivity contribution in [2.45, 2.75) is 7.43 Å². The summed E-state index contributed by atoms with van der Waals surface area (Å²) in [6.07, 6.45) is 2.74. The van der Waals surface area contributed by atoms with Crippen LogP contribution < -0.4 is 0 Å². The first-order chi connectivity index (χ1) is 4.13. The first-order valence-electron chi connectivity index (χ1n) is 2.67. The fraction of sp³-hybridized carbons (Fsp3) is 0.571. The van der Waals surface area contributed by atoms with Crippen molar-refractivity contribution in [2.24, 2.45) is 0 Å². The van der Waals surface area contributed by atoms with Crippen LogP contribution in [0.25, 0.3) is 0 Å². The molecule has 0 aromatic rings. The Kier molecular flexibility index (Phi) is 7.49. The van der Waals surface area contributed by atoms with Crippen LogP contribution in [-0.4, -0.2) is 36.6 Å². The SMILES string of the molecule is C.CN(C)C/C=C/C(=O)O. The van der Waals surface area contributed by atoms with Crippen LogP contribution in [0.2, 0.25) is 0 Å². The molecule has 0 radical (unpaired) electrons. The van der Waals surface area contributed by atoms with Crippen molar-refractivity contribution in [3.05, 3.63) is 12.2 Å². The number of carboxylic acids is 1. The Labute approximate surface area is 62.0 Å². The van der Waals surface area contributed by atoms with E-state index in [1.807, 2.05) is 19.0 Å². The van der Waals surface area contributed by atoms with Crippen LogP contribution in [0.5, 0.6) is 0 Å². The predicted octanol–water partition coefficient (Wildman–Crippen LogP) is 0.825. The van der Waals surface area contributed by atoms with E-state index in [1.165, 1.54) is 0 Å². The van der Waals surface area contributed by atoms with Crippen LogP contribution in [-0.2, 0) is 4.79 Å². The van der Waals surface area contributed by atoms with Crippen molar-refractivity contribution in [2.75, 3.05) is 20.6 Å². The Morgan fingerprint density at radius 1 is 1.60 bits per heavy atom. The van der Waals surface area contributed by atoms with Crippen molar-refractivity contribution in [1.82, 2.24) is 4.90 Å². The van der Waals surface area contributed by atoms with Gasteiger partial charge in [-0.1, -0.05) is 13.5 Å². The highest BCUT2D eigenvalue weighted by molar-refractivity contribution is 5.79. The zero-order chi connectivity index (χ0) is 7.28. The molecule has 0 atom stereocenters. The number of hydrogen-bond acceptors (Lipinski definition) is 2. The molecule has 0 aliphatic carbocycles. The van der Waals surface area contributed by atoms with Crippen molar-refractivity contribution in [3.63, 3.8) is 0 Å². The van der Waals surface area contributed by atoms with Gasteiger partial charge in [0, 0.05) is 12.6 Å². The van der Waals surface area contributed by atoms with Crippen molar-refractivity contribution >= 4 is 5.97 Å². The summed E-state index contributed by atoms with van der Waals surface area (Å²) in [5, 5.41) is 8.12. The zero-order valence-electron chi connectivity index (χ0n) is 5.66. The van der Waals surface area contributed by atoms with Crippen LogP contribution in [0.3, 0.4) is 0 Å². The van der Waals surface area contributed by atoms with Gasteiger partial charge in [0.25, 0.3) is 0 Å². The van der Waals surface area contributed by atoms with Gasteiger partial charge in [0.15, 0.2) is 0 Å². The van der Waals surface area contributed by atoms with E-state index in [0.29, 0.717) is 6.54 Å². The number of likely N-dealkylation sites (N-methyl/N-ethyl adjacent to an activating group) is 1. The van der Waals surface area contributed by atoms with Crippen LogP contribution in [0.15, 0.2) is 12.2 Å². The minimum absolute atomic E-state index is 0. The summed E-state index contributed by atoms with van der Waals surface area (Å²) in [7, 11) is 3.76. The van der Waals surface area contributed by atoms with Gasteiger partial charge in [-0.2, -0.15) is 0 Å². The molecule has 0 unspecified atom stereocenters. The van der Waals surface area contributed by atoms with Crippen molar-refractivity contribution in [3.8, 4) is 0 Å². The molecule has 0 saturated heterocycles. The van der Waals surface area contributed by atoms with E-state index in [4.69, 9.17) is 5.11 Å². The van der Waals surface area contributed by atoms with Gasteiger partial charge < -0.3 is 10.0 Å². The number of hydrogen-bond donors (Lipinski definition) is 1. The van der Waals surface area contributed by atoms with Gasteiger partial charge in [-0.25, -0.2) is 4.79 Å². The van der Waals surface area contributed by atoms with Crippen LogP contribution in [0.4, 0.5) is 0 Å². The number of rotatable bonds is 3. The lowest BCUT2D eigenvalue weighted by Crippen LogP contribution is -2.10. The molecule has 0 aliphatic heterocycles. The molecule has 0 bridgehead atoms. The number of nitrogens with zero attached hydrogens (tertiary/aromatic N) is 1. The lowest BCUT2D eigenvalue weighted by atomic mass is 10.5. The monoisotopic (exact) mass is 145 g/mol. The Balaban J connectivity index is 0. The number of carbonyl (C=O) groups is 1. The predicted molar refractivity (Wildman–Crippen MR) is 42.1 cm³/mol. The third-order valence-electron chi connectivity index (χ3n) is 0.731. The molecule has 0 saturated carbocycles. The smallest absolute Gasteiger partial charge is 0.328 e. The first kappa shape index (κ1) is 11.9. The number of carboxylic acid groups (broad SMARTS) is 1. The molecular formula is C7H15NO2. The molecule has 0 amide bonds. The molecular weight excluding hydrogens is 130 g/mol. The van der Waals surface area contributed by atoms with Gasteiger partial charge in [0.2, 0.25) is 0 Å². The highest BCUT2D eigenvalue weighted by atomic mass is 16.4. The third-order valence-corrected chi connectivity index (χ3v) is 0.731. The van der Waals surface area contributed by atoms with Crippen LogP contribution in [0, 0.1) is 0 Å². The lowest BCUT2D eigenvalue weighted by Gasteiger charge is -2.02. The fourth-order valence-corrected chi connectivity index (χ4v) is 0.364. The number of aliphatic carboxylic acids is 1. The topological polar surface area (TPSA) is 40.5 Å². The molecule has 0 aromatic carbocycles. The summed E-state index contributed by atoms with van der Waals surface area (Å²) in [6.45, 7) is 0.673. The van der Waals surface area contributed by atoms with Crippen molar-refractivity contribution in [1.29, 1.82) is 0 Å².